The van der Waals surface area contributed by atoms with Gasteiger partial charge in [0.2, 0.25) is 0 Å². The molecule has 4 nitrogen and oxygen atoms in total. The molecule has 2 rings (SSSR count). The van der Waals surface area contributed by atoms with E-state index in [1.54, 1.807) is 24.3 Å². The minimum Gasteiger partial charge on any atom is -0.508 e. The molecule has 0 fully saturated rings. The first kappa shape index (κ1) is 19.3. The van der Waals surface area contributed by atoms with Gasteiger partial charge in [0.05, 0.1) is 18.7 Å². The first-order valence-electron chi connectivity index (χ1n) is 8.36. The minimum absolute atomic E-state index is 0.0673. The molecular weight excluding hydrogens is 326 g/mol. The SMILES string of the molecule is COc1cc(C#N)ccc1[C@H](C(C(C)=O)=C(C)C)c1cc(C)ccc1O. The summed E-state index contributed by atoms with van der Waals surface area (Å²) in [6, 6.07) is 12.6. The zero-order chi connectivity index (χ0) is 19.4. The van der Waals surface area contributed by atoms with Crippen molar-refractivity contribution in [3.63, 3.8) is 0 Å². The van der Waals surface area contributed by atoms with E-state index in [9.17, 15) is 9.90 Å². The maximum Gasteiger partial charge on any atom is 0.156 e. The van der Waals surface area contributed by atoms with Crippen molar-refractivity contribution < 1.29 is 14.6 Å². The smallest absolute Gasteiger partial charge is 0.156 e. The van der Waals surface area contributed by atoms with Crippen molar-refractivity contribution in [1.29, 1.82) is 5.26 Å². The molecule has 0 aliphatic heterocycles. The number of nitrogens with zero attached hydrogens (tertiary/aromatic N) is 1. The summed E-state index contributed by atoms with van der Waals surface area (Å²) in [5.74, 6) is 0.0735. The van der Waals surface area contributed by atoms with Gasteiger partial charge in [0.1, 0.15) is 11.5 Å². The van der Waals surface area contributed by atoms with Gasteiger partial charge in [-0.1, -0.05) is 29.3 Å². The highest BCUT2D eigenvalue weighted by molar-refractivity contribution is 5.96. The van der Waals surface area contributed by atoms with Gasteiger partial charge in [-0.25, -0.2) is 0 Å². The number of rotatable bonds is 5. The van der Waals surface area contributed by atoms with Gasteiger partial charge in [0.25, 0.3) is 0 Å². The number of methoxy groups -OCH3 is 1. The lowest BCUT2D eigenvalue weighted by atomic mass is 9.79. The summed E-state index contributed by atoms with van der Waals surface area (Å²) < 4.78 is 5.50. The van der Waals surface area contributed by atoms with Crippen LogP contribution in [0.25, 0.3) is 0 Å². The molecule has 0 bridgehead atoms. The number of ether oxygens (including phenoxy) is 1. The van der Waals surface area contributed by atoms with E-state index in [0.717, 1.165) is 16.7 Å². The van der Waals surface area contributed by atoms with E-state index in [1.165, 1.54) is 14.0 Å². The maximum atomic E-state index is 12.5. The van der Waals surface area contributed by atoms with Crippen LogP contribution in [0.5, 0.6) is 11.5 Å². The fourth-order valence-corrected chi connectivity index (χ4v) is 3.25. The van der Waals surface area contributed by atoms with Crippen molar-refractivity contribution in [3.05, 3.63) is 69.8 Å². The number of aryl methyl sites for hydroxylation is 1. The van der Waals surface area contributed by atoms with Crippen molar-refractivity contribution in [1.82, 2.24) is 0 Å². The Bertz CT molecular complexity index is 915. The molecule has 1 atom stereocenters. The topological polar surface area (TPSA) is 70.3 Å². The summed E-state index contributed by atoms with van der Waals surface area (Å²) in [5.41, 5.74) is 4.30. The Morgan fingerprint density at radius 1 is 1.12 bits per heavy atom. The Balaban J connectivity index is 2.86. The van der Waals surface area contributed by atoms with Crippen molar-refractivity contribution in [3.8, 4) is 17.6 Å². The van der Waals surface area contributed by atoms with E-state index >= 15 is 0 Å². The molecule has 2 aromatic rings. The van der Waals surface area contributed by atoms with Crippen LogP contribution in [0.4, 0.5) is 0 Å². The standard InChI is InChI=1S/C22H23NO3/c1-13(2)21(15(4)24)22(18-10-14(3)6-9-19(18)25)17-8-7-16(12-23)11-20(17)26-5/h6-11,22,25H,1-5H3/t22-/m0/s1. The summed E-state index contributed by atoms with van der Waals surface area (Å²) in [6.45, 7) is 7.23. The van der Waals surface area contributed by atoms with Crippen molar-refractivity contribution in [2.45, 2.75) is 33.6 Å². The summed E-state index contributed by atoms with van der Waals surface area (Å²) >= 11 is 0. The number of Topliss-reactive ketones (excluding diaryl/α,β-unsaturated/α-hetero) is 1. The summed E-state index contributed by atoms with van der Waals surface area (Å²) in [5, 5.41) is 19.7. The number of phenolic OH excluding ortho intramolecular Hbond substituents is 1. The lowest BCUT2D eigenvalue weighted by molar-refractivity contribution is -0.113. The Kier molecular flexibility index (Phi) is 5.84. The predicted octanol–water partition coefficient (Wildman–Crippen LogP) is 4.64. The first-order chi connectivity index (χ1) is 12.3. The number of nitriles is 1. The van der Waals surface area contributed by atoms with E-state index in [1.807, 2.05) is 32.9 Å². The van der Waals surface area contributed by atoms with Gasteiger partial charge in [-0.3, -0.25) is 4.79 Å². The molecule has 0 aromatic heterocycles. The molecule has 0 heterocycles. The molecule has 0 saturated carbocycles. The average molecular weight is 349 g/mol. The van der Waals surface area contributed by atoms with Crippen LogP contribution < -0.4 is 4.74 Å². The molecule has 4 heteroatoms. The molecule has 0 aliphatic carbocycles. The third-order valence-corrected chi connectivity index (χ3v) is 4.37. The van der Waals surface area contributed by atoms with E-state index in [-0.39, 0.29) is 11.5 Å². The lowest BCUT2D eigenvalue weighted by Crippen LogP contribution is -2.14. The second kappa shape index (κ2) is 7.88. The van der Waals surface area contributed by atoms with Crippen molar-refractivity contribution in [2.75, 3.05) is 7.11 Å². The van der Waals surface area contributed by atoms with Crippen LogP contribution >= 0.6 is 0 Å². The molecule has 134 valence electrons. The number of benzene rings is 2. The van der Waals surface area contributed by atoms with Gasteiger partial charge in [-0.15, -0.1) is 0 Å². The number of aromatic hydroxyl groups is 1. The molecular formula is C22H23NO3. The molecule has 0 radical (unpaired) electrons. The minimum atomic E-state index is -0.486. The second-order valence-electron chi connectivity index (χ2n) is 6.53. The van der Waals surface area contributed by atoms with E-state index in [4.69, 9.17) is 10.00 Å². The molecule has 0 amide bonds. The average Bonchev–Trinajstić information content (AvgIpc) is 2.60. The van der Waals surface area contributed by atoms with E-state index in [0.29, 0.717) is 22.4 Å². The Morgan fingerprint density at radius 3 is 2.35 bits per heavy atom. The third kappa shape index (κ3) is 3.78. The number of phenols is 1. The molecule has 0 saturated heterocycles. The predicted molar refractivity (Wildman–Crippen MR) is 101 cm³/mol. The Hall–Kier alpha value is -3.06. The van der Waals surface area contributed by atoms with Gasteiger partial charge in [-0.2, -0.15) is 5.26 Å². The van der Waals surface area contributed by atoms with E-state index in [2.05, 4.69) is 6.07 Å². The highest BCUT2D eigenvalue weighted by Crippen LogP contribution is 2.42. The summed E-state index contributed by atoms with van der Waals surface area (Å²) in [7, 11) is 1.53. The maximum absolute atomic E-state index is 12.5. The van der Waals surface area contributed by atoms with Crippen molar-refractivity contribution in [2.24, 2.45) is 0 Å². The highest BCUT2D eigenvalue weighted by Gasteiger charge is 2.28. The van der Waals surface area contributed by atoms with Crippen LogP contribution in [-0.2, 0) is 4.79 Å². The van der Waals surface area contributed by atoms with Crippen molar-refractivity contribution >= 4 is 5.78 Å². The van der Waals surface area contributed by atoms with Crippen LogP contribution in [0.1, 0.15) is 48.9 Å². The normalized spacial score (nSPS) is 11.4. The molecule has 0 aliphatic rings. The highest BCUT2D eigenvalue weighted by atomic mass is 16.5. The van der Waals surface area contributed by atoms with Crippen LogP contribution in [0, 0.1) is 18.3 Å². The van der Waals surface area contributed by atoms with Crippen LogP contribution in [-0.4, -0.2) is 18.0 Å². The Morgan fingerprint density at radius 2 is 1.81 bits per heavy atom. The largest absolute Gasteiger partial charge is 0.508 e. The first-order valence-corrected chi connectivity index (χ1v) is 8.36. The van der Waals surface area contributed by atoms with Gasteiger partial charge >= 0.3 is 0 Å². The molecule has 2 aromatic carbocycles. The molecule has 0 spiro atoms. The molecule has 0 unspecified atom stereocenters. The quantitative estimate of drug-likeness (QED) is 0.799. The lowest BCUT2D eigenvalue weighted by Gasteiger charge is -2.24. The molecule has 26 heavy (non-hydrogen) atoms. The number of hydrogen-bond acceptors (Lipinski definition) is 4. The van der Waals surface area contributed by atoms with Crippen LogP contribution in [0.2, 0.25) is 0 Å². The number of hydrogen-bond donors (Lipinski definition) is 1. The number of ketones is 1. The monoisotopic (exact) mass is 349 g/mol. The molecule has 1 N–H and O–H groups in total. The fourth-order valence-electron chi connectivity index (χ4n) is 3.25. The summed E-state index contributed by atoms with van der Waals surface area (Å²) in [4.78, 5) is 12.5. The Labute approximate surface area is 154 Å². The van der Waals surface area contributed by atoms with Gasteiger partial charge in [0, 0.05) is 22.6 Å². The third-order valence-electron chi connectivity index (χ3n) is 4.37. The number of carbonyl (C=O) groups is 1. The van der Waals surface area contributed by atoms with Crippen LogP contribution in [0.3, 0.4) is 0 Å². The number of carbonyl (C=O) groups excluding carboxylic acids is 1. The van der Waals surface area contributed by atoms with Gasteiger partial charge in [-0.05, 0) is 45.9 Å². The second-order valence-corrected chi connectivity index (χ2v) is 6.53. The fraction of sp³-hybridized carbons (Fsp3) is 0.273. The zero-order valence-corrected chi connectivity index (χ0v) is 15.8. The van der Waals surface area contributed by atoms with Crippen LogP contribution in [0.15, 0.2) is 47.5 Å². The zero-order valence-electron chi connectivity index (χ0n) is 15.8. The van der Waals surface area contributed by atoms with E-state index < -0.39 is 5.92 Å². The van der Waals surface area contributed by atoms with Gasteiger partial charge in [0.15, 0.2) is 5.78 Å². The van der Waals surface area contributed by atoms with Gasteiger partial charge < -0.3 is 9.84 Å². The number of allylic oxidation sites excluding steroid dienone is 2. The summed E-state index contributed by atoms with van der Waals surface area (Å²) in [6.07, 6.45) is 0.